The molecule has 0 N–H and O–H groups in total. The maximum Gasteiger partial charge on any atom is 0.121 e. The number of rotatable bonds is 5. The van der Waals surface area contributed by atoms with E-state index in [0.717, 1.165) is 25.7 Å². The molecule has 0 fully saturated rings. The van der Waals surface area contributed by atoms with E-state index >= 15 is 0 Å². The van der Waals surface area contributed by atoms with Crippen LogP contribution >= 0.6 is 0 Å². The maximum atomic E-state index is 4.68. The summed E-state index contributed by atoms with van der Waals surface area (Å²) in [6.07, 6.45) is 4.50. The number of para-hydroxylation sites is 4. The SMILES string of the molecule is C=C(CCC)C1(CC)Cc2ccccc2N2c3ccccc3N(c3ccccc3)C21. The molecule has 2 nitrogen and oxygen atoms in total. The highest BCUT2D eigenvalue weighted by Crippen LogP contribution is 2.59. The van der Waals surface area contributed by atoms with Crippen LogP contribution in [0.2, 0.25) is 0 Å². The van der Waals surface area contributed by atoms with Gasteiger partial charge in [-0.25, -0.2) is 0 Å². The van der Waals surface area contributed by atoms with Gasteiger partial charge in [0.05, 0.1) is 11.4 Å². The molecule has 0 aliphatic carbocycles. The van der Waals surface area contributed by atoms with Gasteiger partial charge in [0.1, 0.15) is 6.17 Å². The highest BCUT2D eigenvalue weighted by molar-refractivity contribution is 5.90. The first-order chi connectivity index (χ1) is 14.7. The van der Waals surface area contributed by atoms with E-state index in [1.165, 1.54) is 33.9 Å². The van der Waals surface area contributed by atoms with E-state index in [9.17, 15) is 0 Å². The van der Waals surface area contributed by atoms with E-state index in [-0.39, 0.29) is 11.6 Å². The number of fused-ring (bicyclic) bond motifs is 5. The molecule has 2 unspecified atom stereocenters. The van der Waals surface area contributed by atoms with Gasteiger partial charge in [-0.15, -0.1) is 0 Å². The lowest BCUT2D eigenvalue weighted by Crippen LogP contribution is -2.56. The van der Waals surface area contributed by atoms with Gasteiger partial charge < -0.3 is 9.80 Å². The highest BCUT2D eigenvalue weighted by atomic mass is 15.4. The predicted octanol–water partition coefficient (Wildman–Crippen LogP) is 7.61. The fraction of sp³-hybridized carbons (Fsp3) is 0.286. The predicted molar refractivity (Wildman–Crippen MR) is 128 cm³/mol. The molecule has 0 radical (unpaired) electrons. The Balaban J connectivity index is 1.80. The summed E-state index contributed by atoms with van der Waals surface area (Å²) in [5.41, 5.74) is 7.95. The van der Waals surface area contributed by atoms with E-state index in [0.29, 0.717) is 0 Å². The molecule has 0 aromatic heterocycles. The number of hydrogen-bond acceptors (Lipinski definition) is 2. The summed E-state index contributed by atoms with van der Waals surface area (Å²) in [7, 11) is 0. The Hall–Kier alpha value is -3.00. The van der Waals surface area contributed by atoms with Crippen LogP contribution in [-0.4, -0.2) is 6.17 Å². The van der Waals surface area contributed by atoms with Crippen LogP contribution in [0.3, 0.4) is 0 Å². The summed E-state index contributed by atoms with van der Waals surface area (Å²) in [4.78, 5) is 5.15. The van der Waals surface area contributed by atoms with Crippen molar-refractivity contribution in [3.63, 3.8) is 0 Å². The van der Waals surface area contributed by atoms with Crippen LogP contribution < -0.4 is 9.80 Å². The van der Waals surface area contributed by atoms with Crippen LogP contribution in [0.5, 0.6) is 0 Å². The summed E-state index contributed by atoms with van der Waals surface area (Å²) in [6.45, 7) is 9.29. The topological polar surface area (TPSA) is 6.48 Å². The average molecular weight is 395 g/mol. The lowest BCUT2D eigenvalue weighted by molar-refractivity contribution is 0.254. The van der Waals surface area contributed by atoms with Crippen molar-refractivity contribution in [2.45, 2.75) is 45.7 Å². The number of anilines is 4. The summed E-state index contributed by atoms with van der Waals surface area (Å²) in [5, 5.41) is 0. The van der Waals surface area contributed by atoms with Crippen molar-refractivity contribution in [1.29, 1.82) is 0 Å². The van der Waals surface area contributed by atoms with Crippen LogP contribution in [0.4, 0.5) is 22.7 Å². The van der Waals surface area contributed by atoms with Crippen molar-refractivity contribution in [1.82, 2.24) is 0 Å². The number of benzene rings is 3. The van der Waals surface area contributed by atoms with Crippen LogP contribution in [0.15, 0.2) is 91.0 Å². The zero-order valence-corrected chi connectivity index (χ0v) is 18.0. The average Bonchev–Trinajstić information content (AvgIpc) is 3.15. The molecular weight excluding hydrogens is 364 g/mol. The maximum absolute atomic E-state index is 4.68. The Labute approximate surface area is 180 Å². The molecule has 2 aliphatic rings. The minimum Gasteiger partial charge on any atom is -0.317 e. The Morgan fingerprint density at radius 2 is 1.43 bits per heavy atom. The standard InChI is InChI=1S/C28H30N2/c1-4-13-21(3)28(5-2)20-22-14-9-10-17-24(22)30-26-19-12-11-18-25(26)29(27(28)30)23-15-7-6-8-16-23/h6-12,14-19,27H,3-5,13,20H2,1-2H3. The van der Waals surface area contributed by atoms with Gasteiger partial charge >= 0.3 is 0 Å². The smallest absolute Gasteiger partial charge is 0.121 e. The molecule has 2 atom stereocenters. The molecule has 3 aromatic rings. The van der Waals surface area contributed by atoms with Gasteiger partial charge in [0.2, 0.25) is 0 Å². The first kappa shape index (κ1) is 19.0. The zero-order valence-electron chi connectivity index (χ0n) is 18.0. The molecule has 0 saturated carbocycles. The molecule has 152 valence electrons. The minimum atomic E-state index is -0.0147. The molecule has 0 spiro atoms. The van der Waals surface area contributed by atoms with Crippen molar-refractivity contribution in [3.05, 3.63) is 96.6 Å². The third kappa shape index (κ3) is 2.63. The second kappa shape index (κ2) is 7.36. The van der Waals surface area contributed by atoms with Crippen LogP contribution in [0.1, 0.15) is 38.7 Å². The lowest BCUT2D eigenvalue weighted by atomic mass is 9.67. The van der Waals surface area contributed by atoms with Crippen molar-refractivity contribution in [2.75, 3.05) is 9.80 Å². The van der Waals surface area contributed by atoms with E-state index in [1.54, 1.807) is 0 Å². The Morgan fingerprint density at radius 1 is 0.833 bits per heavy atom. The quantitative estimate of drug-likeness (QED) is 0.411. The molecule has 0 saturated heterocycles. The minimum absolute atomic E-state index is 0.0147. The fourth-order valence-corrected chi connectivity index (χ4v) is 5.62. The first-order valence-corrected chi connectivity index (χ1v) is 11.2. The van der Waals surface area contributed by atoms with E-state index in [4.69, 9.17) is 0 Å². The van der Waals surface area contributed by atoms with E-state index in [1.807, 2.05) is 0 Å². The van der Waals surface area contributed by atoms with Gasteiger partial charge in [0.25, 0.3) is 0 Å². The van der Waals surface area contributed by atoms with Crippen molar-refractivity contribution < 1.29 is 0 Å². The summed E-state index contributed by atoms with van der Waals surface area (Å²) < 4.78 is 0. The molecule has 2 heterocycles. The summed E-state index contributed by atoms with van der Waals surface area (Å²) in [5.74, 6) is 0. The molecule has 2 heteroatoms. The van der Waals surface area contributed by atoms with Crippen LogP contribution in [0, 0.1) is 5.41 Å². The molecule has 0 bridgehead atoms. The Kier molecular flexibility index (Phi) is 4.66. The van der Waals surface area contributed by atoms with Gasteiger partial charge in [-0.1, -0.05) is 81.0 Å². The van der Waals surface area contributed by atoms with Gasteiger partial charge in [0, 0.05) is 16.8 Å². The summed E-state index contributed by atoms with van der Waals surface area (Å²) in [6, 6.07) is 28.7. The second-order valence-corrected chi connectivity index (χ2v) is 8.61. The molecule has 2 aliphatic heterocycles. The first-order valence-electron chi connectivity index (χ1n) is 11.2. The van der Waals surface area contributed by atoms with Crippen molar-refractivity contribution in [3.8, 4) is 0 Å². The van der Waals surface area contributed by atoms with Gasteiger partial charge in [-0.05, 0) is 55.2 Å². The molecule has 3 aromatic carbocycles. The third-order valence-corrected chi connectivity index (χ3v) is 7.06. The number of nitrogens with zero attached hydrogens (tertiary/aromatic N) is 2. The highest BCUT2D eigenvalue weighted by Gasteiger charge is 2.54. The largest absolute Gasteiger partial charge is 0.317 e. The lowest BCUT2D eigenvalue weighted by Gasteiger charge is -2.52. The molecule has 0 amide bonds. The third-order valence-electron chi connectivity index (χ3n) is 7.06. The fourth-order valence-electron chi connectivity index (χ4n) is 5.62. The Bertz CT molecular complexity index is 1070. The van der Waals surface area contributed by atoms with Gasteiger partial charge in [-0.2, -0.15) is 0 Å². The number of hydrogen-bond donors (Lipinski definition) is 0. The Morgan fingerprint density at radius 3 is 2.10 bits per heavy atom. The van der Waals surface area contributed by atoms with Crippen molar-refractivity contribution >= 4 is 22.7 Å². The zero-order chi connectivity index (χ0) is 20.7. The van der Waals surface area contributed by atoms with E-state index in [2.05, 4.69) is 109 Å². The summed E-state index contributed by atoms with van der Waals surface area (Å²) >= 11 is 0. The monoisotopic (exact) mass is 394 g/mol. The molecular formula is C28H30N2. The molecule has 30 heavy (non-hydrogen) atoms. The molecule has 5 rings (SSSR count). The van der Waals surface area contributed by atoms with Crippen LogP contribution in [0.25, 0.3) is 0 Å². The normalized spacial score (nSPS) is 21.7. The van der Waals surface area contributed by atoms with E-state index < -0.39 is 0 Å². The van der Waals surface area contributed by atoms with Crippen LogP contribution in [-0.2, 0) is 6.42 Å². The van der Waals surface area contributed by atoms with Gasteiger partial charge in [0.15, 0.2) is 0 Å². The van der Waals surface area contributed by atoms with Gasteiger partial charge in [-0.3, -0.25) is 0 Å². The van der Waals surface area contributed by atoms with Crippen molar-refractivity contribution in [2.24, 2.45) is 5.41 Å². The second-order valence-electron chi connectivity index (χ2n) is 8.61.